The number of morpholine rings is 1. The van der Waals surface area contributed by atoms with Gasteiger partial charge in [-0.2, -0.15) is 9.97 Å². The Morgan fingerprint density at radius 1 is 1.16 bits per heavy atom. The van der Waals surface area contributed by atoms with Gasteiger partial charge in [0.05, 0.1) is 37.3 Å². The highest BCUT2D eigenvalue weighted by molar-refractivity contribution is 7.13. The van der Waals surface area contributed by atoms with Gasteiger partial charge in [-0.1, -0.05) is 12.1 Å². The van der Waals surface area contributed by atoms with Crippen LogP contribution in [0.4, 0.5) is 20.4 Å². The molecule has 15 heteroatoms. The minimum absolute atomic E-state index is 0.0372. The normalized spacial score (nSPS) is 22.5. The number of rotatable bonds is 8. The number of thiophene rings is 1. The smallest absolute Gasteiger partial charge is 0.326 e. The molecule has 0 amide bonds. The van der Waals surface area contributed by atoms with Gasteiger partial charge in [-0.25, -0.2) is 23.5 Å². The topological polar surface area (TPSA) is 136 Å². The predicted molar refractivity (Wildman–Crippen MR) is 160 cm³/mol. The van der Waals surface area contributed by atoms with Crippen molar-refractivity contribution in [3.05, 3.63) is 60.1 Å². The Morgan fingerprint density at radius 2 is 2.02 bits per heavy atom. The summed E-state index contributed by atoms with van der Waals surface area (Å²) in [7, 11) is 0. The van der Waals surface area contributed by atoms with E-state index in [4.69, 9.17) is 19.2 Å². The van der Waals surface area contributed by atoms with Gasteiger partial charge < -0.3 is 29.1 Å². The average molecular weight is 638 g/mol. The molecule has 0 aromatic carbocycles. The molecule has 0 radical (unpaired) electrons. The zero-order chi connectivity index (χ0) is 31.1. The van der Waals surface area contributed by atoms with E-state index in [1.807, 2.05) is 18.2 Å². The summed E-state index contributed by atoms with van der Waals surface area (Å²) >= 11 is 1.29. The molecule has 4 aromatic rings. The second kappa shape index (κ2) is 11.9. The number of aromatic nitrogens is 5. The number of alkyl halides is 2. The number of carboxylic acid groups (broad SMARTS) is 1. The van der Waals surface area contributed by atoms with Gasteiger partial charge in [-0.3, -0.25) is 4.98 Å². The van der Waals surface area contributed by atoms with Crippen LogP contribution in [0.2, 0.25) is 0 Å². The lowest BCUT2D eigenvalue weighted by Gasteiger charge is -2.53. The lowest BCUT2D eigenvalue weighted by Crippen LogP contribution is -2.68. The first kappa shape index (κ1) is 29.4. The Morgan fingerprint density at radius 3 is 2.71 bits per heavy atom. The van der Waals surface area contributed by atoms with Crippen molar-refractivity contribution in [2.45, 2.75) is 43.6 Å². The van der Waals surface area contributed by atoms with Crippen molar-refractivity contribution < 1.29 is 32.9 Å². The van der Waals surface area contributed by atoms with E-state index < -0.39 is 36.0 Å². The fourth-order valence-electron chi connectivity index (χ4n) is 5.95. The molecule has 3 aliphatic heterocycles. The van der Waals surface area contributed by atoms with Gasteiger partial charge in [0.1, 0.15) is 23.4 Å². The standard InChI is InChI=1S/C30H29F2N7O5S/c1-17-30(15-42-16-30)43-8-7-38(17)21-10-19(18-4-2-6-33-12-18)13-34-27(21)44-20-11-22(28(40)41)39(14-20)29-36-25(23-5-3-9-45-23)35-26(37-29)24(31)32/h2-6,9-10,12-13,17,20,22,24H,7-8,11,14-16H2,1H3,(H,40,41)/t17-,20-,22-/m0/s1. The maximum absolute atomic E-state index is 13.8. The van der Waals surface area contributed by atoms with E-state index in [1.54, 1.807) is 36.1 Å². The van der Waals surface area contributed by atoms with Crippen molar-refractivity contribution >= 4 is 28.9 Å². The molecule has 3 aliphatic rings. The number of hydrogen-bond donors (Lipinski definition) is 1. The summed E-state index contributed by atoms with van der Waals surface area (Å²) in [6.45, 7) is 4.14. The third-order valence-electron chi connectivity index (χ3n) is 8.44. The van der Waals surface area contributed by atoms with Gasteiger partial charge in [0, 0.05) is 42.7 Å². The second-order valence-corrected chi connectivity index (χ2v) is 12.1. The highest BCUT2D eigenvalue weighted by Crippen LogP contribution is 2.40. The highest BCUT2D eigenvalue weighted by Gasteiger charge is 2.50. The molecule has 1 N–H and O–H groups in total. The number of pyridine rings is 2. The molecule has 3 atom stereocenters. The van der Waals surface area contributed by atoms with Gasteiger partial charge in [0.25, 0.3) is 6.43 Å². The zero-order valence-electron chi connectivity index (χ0n) is 24.1. The van der Waals surface area contributed by atoms with Crippen LogP contribution < -0.4 is 14.5 Å². The summed E-state index contributed by atoms with van der Waals surface area (Å²) in [5.74, 6) is -1.63. The Hall–Kier alpha value is -4.34. The Kier molecular flexibility index (Phi) is 7.75. The van der Waals surface area contributed by atoms with Crippen LogP contribution in [-0.4, -0.2) is 92.7 Å². The number of anilines is 2. The van der Waals surface area contributed by atoms with Gasteiger partial charge in [-0.05, 0) is 30.5 Å². The lowest BCUT2D eigenvalue weighted by molar-refractivity contribution is -0.228. The number of carbonyl (C=O) groups is 1. The van der Waals surface area contributed by atoms with Crippen LogP contribution in [0.3, 0.4) is 0 Å². The minimum atomic E-state index is -2.96. The molecule has 234 valence electrons. The molecule has 1 spiro atoms. The van der Waals surface area contributed by atoms with Crippen molar-refractivity contribution in [3.63, 3.8) is 0 Å². The molecule has 0 unspecified atom stereocenters. The zero-order valence-corrected chi connectivity index (χ0v) is 24.9. The van der Waals surface area contributed by atoms with Crippen LogP contribution in [0.25, 0.3) is 21.8 Å². The third kappa shape index (κ3) is 5.55. The quantitative estimate of drug-likeness (QED) is 0.298. The molecule has 3 fully saturated rings. The van der Waals surface area contributed by atoms with E-state index in [2.05, 4.69) is 31.8 Å². The number of ether oxygens (including phenoxy) is 3. The SMILES string of the molecule is C[C@@H]1N(c2cc(-c3cccnc3)cnc2O[C@H]2C[C@@H](C(=O)O)N(c3nc(-c4cccs4)nc(C(F)F)n3)C2)CCOC12COC2. The van der Waals surface area contributed by atoms with Gasteiger partial charge in [-0.15, -0.1) is 11.3 Å². The van der Waals surface area contributed by atoms with E-state index in [0.717, 1.165) is 16.8 Å². The largest absolute Gasteiger partial charge is 0.480 e. The van der Waals surface area contributed by atoms with Gasteiger partial charge >= 0.3 is 5.97 Å². The van der Waals surface area contributed by atoms with Crippen LogP contribution in [0.15, 0.2) is 54.3 Å². The van der Waals surface area contributed by atoms with E-state index in [-0.39, 0.29) is 30.8 Å². The molecule has 0 aliphatic carbocycles. The maximum atomic E-state index is 13.8. The van der Waals surface area contributed by atoms with E-state index in [9.17, 15) is 18.7 Å². The Balaban J connectivity index is 1.22. The van der Waals surface area contributed by atoms with E-state index in [1.165, 1.54) is 16.2 Å². The number of aliphatic carboxylic acids is 1. The highest BCUT2D eigenvalue weighted by atomic mass is 32.1. The third-order valence-corrected chi connectivity index (χ3v) is 9.31. The molecule has 0 bridgehead atoms. The molecule has 7 rings (SSSR count). The van der Waals surface area contributed by atoms with Crippen molar-refractivity contribution in [2.24, 2.45) is 0 Å². The van der Waals surface area contributed by atoms with Crippen molar-refractivity contribution in [2.75, 3.05) is 42.7 Å². The molecular formula is C30H29F2N7O5S. The first-order valence-electron chi connectivity index (χ1n) is 14.4. The summed E-state index contributed by atoms with van der Waals surface area (Å²) in [5.41, 5.74) is 2.00. The number of halogens is 2. The summed E-state index contributed by atoms with van der Waals surface area (Å²) in [4.78, 5) is 37.8. The summed E-state index contributed by atoms with van der Waals surface area (Å²) in [6.07, 6.45) is 1.58. The Labute approximate surface area is 260 Å². The lowest BCUT2D eigenvalue weighted by atomic mass is 9.90. The minimum Gasteiger partial charge on any atom is -0.480 e. The summed E-state index contributed by atoms with van der Waals surface area (Å²) in [6, 6.07) is 8.06. The van der Waals surface area contributed by atoms with Crippen LogP contribution >= 0.6 is 11.3 Å². The number of carboxylic acids is 1. The molecule has 4 aromatic heterocycles. The molecule has 0 saturated carbocycles. The molecule has 12 nitrogen and oxygen atoms in total. The average Bonchev–Trinajstić information content (AvgIpc) is 3.72. The van der Waals surface area contributed by atoms with E-state index in [0.29, 0.717) is 37.1 Å². The van der Waals surface area contributed by atoms with Gasteiger partial charge in [0.2, 0.25) is 17.7 Å². The van der Waals surface area contributed by atoms with Crippen molar-refractivity contribution in [1.82, 2.24) is 24.9 Å². The van der Waals surface area contributed by atoms with Crippen molar-refractivity contribution in [1.29, 1.82) is 0 Å². The van der Waals surface area contributed by atoms with Gasteiger partial charge in [0.15, 0.2) is 5.82 Å². The fraction of sp³-hybridized carbons (Fsp3) is 0.400. The summed E-state index contributed by atoms with van der Waals surface area (Å²) < 4.78 is 45.8. The van der Waals surface area contributed by atoms with Crippen LogP contribution in [0, 0.1) is 0 Å². The summed E-state index contributed by atoms with van der Waals surface area (Å²) in [5, 5.41) is 11.9. The molecule has 7 heterocycles. The predicted octanol–water partition coefficient (Wildman–Crippen LogP) is 4.10. The monoisotopic (exact) mass is 637 g/mol. The number of nitrogens with zero attached hydrogens (tertiary/aromatic N) is 7. The molecule has 3 saturated heterocycles. The second-order valence-electron chi connectivity index (χ2n) is 11.1. The first-order chi connectivity index (χ1) is 21.8. The number of hydrogen-bond acceptors (Lipinski definition) is 12. The van der Waals surface area contributed by atoms with Crippen LogP contribution in [0.5, 0.6) is 5.88 Å². The van der Waals surface area contributed by atoms with Crippen molar-refractivity contribution in [3.8, 4) is 27.7 Å². The van der Waals surface area contributed by atoms with Crippen LogP contribution in [-0.2, 0) is 14.3 Å². The molecular weight excluding hydrogens is 608 g/mol. The first-order valence-corrected chi connectivity index (χ1v) is 15.3. The Bertz CT molecular complexity index is 1680. The van der Waals surface area contributed by atoms with E-state index >= 15 is 0 Å². The molecule has 45 heavy (non-hydrogen) atoms. The van der Waals surface area contributed by atoms with Crippen LogP contribution in [0.1, 0.15) is 25.6 Å². The maximum Gasteiger partial charge on any atom is 0.326 e. The fourth-order valence-corrected chi connectivity index (χ4v) is 6.61.